The molecule has 0 radical (unpaired) electrons. The minimum Gasteiger partial charge on any atom is -0.454 e. The van der Waals surface area contributed by atoms with Crippen LogP contribution in [-0.2, 0) is 0 Å². The molecule has 2 aromatic rings. The zero-order valence-electron chi connectivity index (χ0n) is 10.4. The predicted octanol–water partition coefficient (Wildman–Crippen LogP) is 3.30. The van der Waals surface area contributed by atoms with Gasteiger partial charge in [0, 0.05) is 11.6 Å². The van der Waals surface area contributed by atoms with Crippen LogP contribution < -0.4 is 14.9 Å². The highest BCUT2D eigenvalue weighted by atomic mass is 79.9. The molecule has 2 heterocycles. The second-order valence-electron chi connectivity index (χ2n) is 4.04. The first kappa shape index (κ1) is 14.2. The summed E-state index contributed by atoms with van der Waals surface area (Å²) >= 11 is 6.50. The van der Waals surface area contributed by atoms with E-state index in [1.54, 1.807) is 24.3 Å². The van der Waals surface area contributed by atoms with E-state index in [0.717, 1.165) is 4.47 Å². The van der Waals surface area contributed by atoms with Gasteiger partial charge >= 0.3 is 0 Å². The van der Waals surface area contributed by atoms with Crippen LogP contribution in [0.1, 0.15) is 16.1 Å². The fourth-order valence-electron chi connectivity index (χ4n) is 1.68. The van der Waals surface area contributed by atoms with Crippen molar-refractivity contribution in [1.82, 2.24) is 5.43 Å². The Bertz CT molecular complexity index is 707. The summed E-state index contributed by atoms with van der Waals surface area (Å²) in [5.74, 6) is 1.32. The summed E-state index contributed by atoms with van der Waals surface area (Å²) in [6.45, 7) is 0.167. The molecule has 1 aliphatic rings. The molecule has 1 amide bonds. The number of ether oxygens (including phenoxy) is 2. The topological polar surface area (TPSA) is 73.1 Å². The van der Waals surface area contributed by atoms with E-state index < -0.39 is 0 Å². The smallest absolute Gasteiger partial charge is 0.271 e. The molecule has 0 aliphatic carbocycles. The van der Waals surface area contributed by atoms with Crippen molar-refractivity contribution < 1.29 is 18.7 Å². The van der Waals surface area contributed by atoms with Crippen LogP contribution in [0.3, 0.4) is 0 Å². The van der Waals surface area contributed by atoms with Crippen molar-refractivity contribution >= 4 is 44.0 Å². The Balaban J connectivity index is 1.66. The summed E-state index contributed by atoms with van der Waals surface area (Å²) in [5, 5.41) is 3.83. The minimum absolute atomic E-state index is 0.167. The van der Waals surface area contributed by atoms with E-state index in [0.29, 0.717) is 27.5 Å². The first-order valence-electron chi connectivity index (χ1n) is 5.81. The standard InChI is InChI=1S/C13H8Br2N2O4/c14-9-4-8(21-12(9)15)5-16-17-13(18)7-1-2-10-11(3-7)20-6-19-10/h1-5H,6H2,(H,17,18)/b16-5-. The lowest BCUT2D eigenvalue weighted by Gasteiger charge is -2.01. The Labute approximate surface area is 136 Å². The number of amides is 1. The summed E-state index contributed by atoms with van der Waals surface area (Å²) in [5.41, 5.74) is 2.84. The summed E-state index contributed by atoms with van der Waals surface area (Å²) < 4.78 is 17.0. The number of rotatable bonds is 3. The Morgan fingerprint density at radius 2 is 2.05 bits per heavy atom. The molecule has 21 heavy (non-hydrogen) atoms. The molecule has 6 nitrogen and oxygen atoms in total. The fourth-order valence-corrected chi connectivity index (χ4v) is 2.29. The van der Waals surface area contributed by atoms with Crippen LogP contribution in [0, 0.1) is 0 Å². The molecule has 0 saturated carbocycles. The van der Waals surface area contributed by atoms with Crippen molar-refractivity contribution in [2.75, 3.05) is 6.79 Å². The Kier molecular flexibility index (Phi) is 3.98. The number of fused-ring (bicyclic) bond motifs is 1. The lowest BCUT2D eigenvalue weighted by molar-refractivity contribution is 0.0954. The van der Waals surface area contributed by atoms with Crippen molar-refractivity contribution in [3.05, 3.63) is 44.7 Å². The van der Waals surface area contributed by atoms with E-state index in [-0.39, 0.29) is 12.7 Å². The van der Waals surface area contributed by atoms with Gasteiger partial charge in [0.1, 0.15) is 5.76 Å². The van der Waals surface area contributed by atoms with Crippen LogP contribution in [0.2, 0.25) is 0 Å². The van der Waals surface area contributed by atoms with E-state index >= 15 is 0 Å². The molecule has 108 valence electrons. The maximum atomic E-state index is 11.9. The number of benzene rings is 1. The van der Waals surface area contributed by atoms with E-state index in [1.165, 1.54) is 6.21 Å². The van der Waals surface area contributed by atoms with Crippen molar-refractivity contribution in [3.8, 4) is 11.5 Å². The van der Waals surface area contributed by atoms with Crippen LogP contribution in [0.15, 0.2) is 42.9 Å². The van der Waals surface area contributed by atoms with Gasteiger partial charge in [0.15, 0.2) is 16.2 Å². The van der Waals surface area contributed by atoms with E-state index in [9.17, 15) is 4.79 Å². The normalized spacial score (nSPS) is 12.9. The molecule has 0 atom stereocenters. The molecule has 0 spiro atoms. The van der Waals surface area contributed by atoms with Crippen molar-refractivity contribution in [3.63, 3.8) is 0 Å². The molecule has 0 unspecified atom stereocenters. The van der Waals surface area contributed by atoms with Crippen LogP contribution in [0.5, 0.6) is 11.5 Å². The van der Waals surface area contributed by atoms with Crippen molar-refractivity contribution in [2.45, 2.75) is 0 Å². The first-order chi connectivity index (χ1) is 10.1. The summed E-state index contributed by atoms with van der Waals surface area (Å²) in [4.78, 5) is 11.9. The van der Waals surface area contributed by atoms with Crippen LogP contribution >= 0.6 is 31.9 Å². The third-order valence-corrected chi connectivity index (χ3v) is 4.37. The molecular formula is C13H8Br2N2O4. The van der Waals surface area contributed by atoms with Crippen molar-refractivity contribution in [2.24, 2.45) is 5.10 Å². The molecular weight excluding hydrogens is 408 g/mol. The van der Waals surface area contributed by atoms with Gasteiger partial charge in [-0.3, -0.25) is 4.79 Å². The van der Waals surface area contributed by atoms with Gasteiger partial charge in [-0.25, -0.2) is 5.43 Å². The molecule has 1 aromatic carbocycles. The number of carbonyl (C=O) groups is 1. The lowest BCUT2D eigenvalue weighted by atomic mass is 10.2. The number of nitrogens with one attached hydrogen (secondary N) is 1. The van der Waals surface area contributed by atoms with E-state index in [1.807, 2.05) is 0 Å². The molecule has 8 heteroatoms. The maximum absolute atomic E-state index is 11.9. The highest BCUT2D eigenvalue weighted by molar-refractivity contribution is 9.13. The van der Waals surface area contributed by atoms with Gasteiger partial charge in [-0.15, -0.1) is 0 Å². The largest absolute Gasteiger partial charge is 0.454 e. The average Bonchev–Trinajstić information content (AvgIpc) is 3.05. The Morgan fingerprint density at radius 3 is 2.81 bits per heavy atom. The maximum Gasteiger partial charge on any atom is 0.271 e. The molecule has 0 bridgehead atoms. The van der Waals surface area contributed by atoms with Gasteiger partial charge in [0.25, 0.3) is 5.91 Å². The van der Waals surface area contributed by atoms with E-state index in [2.05, 4.69) is 42.4 Å². The number of nitrogens with zero attached hydrogens (tertiary/aromatic N) is 1. The summed E-state index contributed by atoms with van der Waals surface area (Å²) in [6, 6.07) is 6.65. The van der Waals surface area contributed by atoms with Gasteiger partial charge < -0.3 is 13.9 Å². The average molecular weight is 416 g/mol. The zero-order chi connectivity index (χ0) is 14.8. The van der Waals surface area contributed by atoms with Gasteiger partial charge in [0.2, 0.25) is 6.79 Å². The summed E-state index contributed by atoms with van der Waals surface area (Å²) in [6.07, 6.45) is 1.40. The highest BCUT2D eigenvalue weighted by Crippen LogP contribution is 2.32. The van der Waals surface area contributed by atoms with Gasteiger partial charge in [-0.2, -0.15) is 5.10 Å². The Morgan fingerprint density at radius 1 is 1.24 bits per heavy atom. The number of hydrazone groups is 1. The van der Waals surface area contributed by atoms with Gasteiger partial charge in [0.05, 0.1) is 10.7 Å². The van der Waals surface area contributed by atoms with E-state index in [4.69, 9.17) is 13.9 Å². The molecule has 3 rings (SSSR count). The zero-order valence-corrected chi connectivity index (χ0v) is 13.6. The molecule has 1 aliphatic heterocycles. The second kappa shape index (κ2) is 5.90. The number of hydrogen-bond acceptors (Lipinski definition) is 5. The SMILES string of the molecule is O=C(N/N=C\c1cc(Br)c(Br)o1)c1ccc2c(c1)OCO2. The number of carbonyl (C=O) groups excluding carboxylic acids is 1. The molecule has 1 aromatic heterocycles. The number of furan rings is 1. The highest BCUT2D eigenvalue weighted by Gasteiger charge is 2.15. The van der Waals surface area contributed by atoms with Crippen LogP contribution in [0.25, 0.3) is 0 Å². The number of halogens is 2. The third-order valence-electron chi connectivity index (χ3n) is 2.66. The second-order valence-corrected chi connectivity index (χ2v) is 5.61. The van der Waals surface area contributed by atoms with Crippen molar-refractivity contribution in [1.29, 1.82) is 0 Å². The molecule has 1 N–H and O–H groups in total. The lowest BCUT2D eigenvalue weighted by Crippen LogP contribution is -2.17. The monoisotopic (exact) mass is 414 g/mol. The first-order valence-corrected chi connectivity index (χ1v) is 7.40. The summed E-state index contributed by atoms with van der Waals surface area (Å²) in [7, 11) is 0. The van der Waals surface area contributed by atoms with Crippen LogP contribution in [-0.4, -0.2) is 18.9 Å². The van der Waals surface area contributed by atoms with Gasteiger partial charge in [-0.05, 0) is 50.1 Å². The fraction of sp³-hybridized carbons (Fsp3) is 0.0769. The van der Waals surface area contributed by atoms with Gasteiger partial charge in [-0.1, -0.05) is 0 Å². The molecule has 0 saturated heterocycles. The molecule has 0 fully saturated rings. The number of hydrogen-bond donors (Lipinski definition) is 1. The minimum atomic E-state index is -0.353. The van der Waals surface area contributed by atoms with Crippen LogP contribution in [0.4, 0.5) is 0 Å². The Hall–Kier alpha value is -1.80. The quantitative estimate of drug-likeness (QED) is 0.616. The predicted molar refractivity (Wildman–Crippen MR) is 81.7 cm³/mol. The third kappa shape index (κ3) is 3.11.